The highest BCUT2D eigenvalue weighted by molar-refractivity contribution is 6.30. The smallest absolute Gasteiger partial charge is 0.101 e. The molecule has 17 heavy (non-hydrogen) atoms. The molecule has 0 aliphatic heterocycles. The Bertz CT molecular complexity index is 548. The Morgan fingerprint density at radius 3 is 2.94 bits per heavy atom. The van der Waals surface area contributed by atoms with Crippen LogP contribution in [-0.4, -0.2) is 9.97 Å². The van der Waals surface area contributed by atoms with Crippen LogP contribution in [0, 0.1) is 11.3 Å². The summed E-state index contributed by atoms with van der Waals surface area (Å²) in [6.07, 6.45) is 4.91. The third-order valence-corrected chi connectivity index (χ3v) is 2.41. The van der Waals surface area contributed by atoms with Crippen LogP contribution in [0.2, 0.25) is 5.02 Å². The first-order valence-electron chi connectivity index (χ1n) is 4.98. The van der Waals surface area contributed by atoms with E-state index >= 15 is 0 Å². The molecule has 0 saturated carbocycles. The van der Waals surface area contributed by atoms with Gasteiger partial charge in [-0.15, -0.1) is 0 Å². The molecule has 2 aromatic rings. The van der Waals surface area contributed by atoms with Crippen molar-refractivity contribution in [1.82, 2.24) is 9.97 Å². The zero-order valence-corrected chi connectivity index (χ0v) is 9.65. The molecular weight excluding hydrogens is 236 g/mol. The fourth-order valence-electron chi connectivity index (χ4n) is 1.37. The minimum absolute atomic E-state index is 0.503. The van der Waals surface area contributed by atoms with Crippen molar-refractivity contribution in [3.05, 3.63) is 53.1 Å². The maximum atomic E-state index is 8.95. The Morgan fingerprint density at radius 1 is 1.35 bits per heavy atom. The van der Waals surface area contributed by atoms with Crippen molar-refractivity contribution < 1.29 is 0 Å². The predicted octanol–water partition coefficient (Wildman–Crippen LogP) is 2.61. The van der Waals surface area contributed by atoms with E-state index in [2.05, 4.69) is 21.4 Å². The second-order valence-corrected chi connectivity index (χ2v) is 3.79. The maximum Gasteiger partial charge on any atom is 0.101 e. The van der Waals surface area contributed by atoms with E-state index in [0.717, 1.165) is 5.69 Å². The molecule has 1 N–H and O–H groups in total. The van der Waals surface area contributed by atoms with E-state index < -0.39 is 0 Å². The summed E-state index contributed by atoms with van der Waals surface area (Å²) in [5.74, 6) is 0. The topological polar surface area (TPSA) is 61.6 Å². The van der Waals surface area contributed by atoms with Crippen LogP contribution < -0.4 is 5.32 Å². The monoisotopic (exact) mass is 244 g/mol. The molecule has 84 valence electrons. The van der Waals surface area contributed by atoms with Crippen molar-refractivity contribution in [2.75, 3.05) is 5.32 Å². The number of hydrogen-bond donors (Lipinski definition) is 1. The average Bonchev–Trinajstić information content (AvgIpc) is 2.38. The quantitative estimate of drug-likeness (QED) is 0.902. The predicted molar refractivity (Wildman–Crippen MR) is 65.5 cm³/mol. The lowest BCUT2D eigenvalue weighted by Gasteiger charge is -2.07. The zero-order chi connectivity index (χ0) is 12.1. The summed E-state index contributed by atoms with van der Waals surface area (Å²) in [5.41, 5.74) is 2.06. The number of nitriles is 1. The van der Waals surface area contributed by atoms with E-state index in [1.165, 1.54) is 0 Å². The minimum atomic E-state index is 0.503. The van der Waals surface area contributed by atoms with Crippen LogP contribution in [0.1, 0.15) is 11.3 Å². The minimum Gasteiger partial charge on any atom is -0.378 e. The van der Waals surface area contributed by atoms with E-state index in [-0.39, 0.29) is 0 Å². The number of aromatic nitrogens is 2. The van der Waals surface area contributed by atoms with E-state index in [0.29, 0.717) is 22.8 Å². The van der Waals surface area contributed by atoms with Gasteiger partial charge in [-0.25, -0.2) is 0 Å². The van der Waals surface area contributed by atoms with E-state index in [1.807, 2.05) is 0 Å². The summed E-state index contributed by atoms with van der Waals surface area (Å²) < 4.78 is 0. The van der Waals surface area contributed by atoms with Crippen LogP contribution >= 0.6 is 11.6 Å². The van der Waals surface area contributed by atoms with Crippen molar-refractivity contribution in [2.24, 2.45) is 0 Å². The van der Waals surface area contributed by atoms with Crippen molar-refractivity contribution in [3.8, 4) is 6.07 Å². The molecule has 2 rings (SSSR count). The van der Waals surface area contributed by atoms with Crippen molar-refractivity contribution in [3.63, 3.8) is 0 Å². The number of rotatable bonds is 3. The summed E-state index contributed by atoms with van der Waals surface area (Å²) in [6, 6.07) is 7.19. The lowest BCUT2D eigenvalue weighted by Crippen LogP contribution is -2.03. The summed E-state index contributed by atoms with van der Waals surface area (Å²) in [6.45, 7) is 0.503. The number of benzene rings is 1. The number of halogens is 1. The molecule has 0 amide bonds. The Hall–Kier alpha value is -2.12. The van der Waals surface area contributed by atoms with Gasteiger partial charge in [0.05, 0.1) is 29.7 Å². The third-order valence-electron chi connectivity index (χ3n) is 2.18. The summed E-state index contributed by atoms with van der Waals surface area (Å²) in [7, 11) is 0. The first-order chi connectivity index (χ1) is 8.29. The van der Waals surface area contributed by atoms with Gasteiger partial charge in [0.25, 0.3) is 0 Å². The van der Waals surface area contributed by atoms with Crippen LogP contribution in [0.4, 0.5) is 5.69 Å². The number of anilines is 1. The Morgan fingerprint density at radius 2 is 2.24 bits per heavy atom. The molecule has 0 fully saturated rings. The van der Waals surface area contributed by atoms with E-state index in [4.69, 9.17) is 16.9 Å². The third kappa shape index (κ3) is 2.92. The van der Waals surface area contributed by atoms with Gasteiger partial charge < -0.3 is 5.32 Å². The standard InChI is InChI=1S/C12H9ClN4/c13-10-2-1-9(6-14)12(5-10)17-8-11-7-15-3-4-16-11/h1-5,7,17H,8H2. The first-order valence-corrected chi connectivity index (χ1v) is 5.36. The number of nitrogens with one attached hydrogen (secondary N) is 1. The molecule has 1 heterocycles. The molecule has 5 heteroatoms. The highest BCUT2D eigenvalue weighted by Gasteiger charge is 2.02. The van der Waals surface area contributed by atoms with Gasteiger partial charge in [-0.1, -0.05) is 11.6 Å². The lowest BCUT2D eigenvalue weighted by molar-refractivity contribution is 1.01. The molecule has 0 unspecified atom stereocenters. The molecular formula is C12H9ClN4. The van der Waals surface area contributed by atoms with Gasteiger partial charge in [0, 0.05) is 17.4 Å². The van der Waals surface area contributed by atoms with E-state index in [1.54, 1.807) is 36.8 Å². The molecule has 1 aromatic carbocycles. The van der Waals surface area contributed by atoms with E-state index in [9.17, 15) is 0 Å². The summed E-state index contributed by atoms with van der Waals surface area (Å²) >= 11 is 5.88. The average molecular weight is 245 g/mol. The van der Waals surface area contributed by atoms with Gasteiger partial charge in [-0.2, -0.15) is 5.26 Å². The van der Waals surface area contributed by atoms with Crippen LogP contribution in [-0.2, 0) is 6.54 Å². The van der Waals surface area contributed by atoms with Gasteiger partial charge in [-0.05, 0) is 18.2 Å². The fraction of sp³-hybridized carbons (Fsp3) is 0.0833. The highest BCUT2D eigenvalue weighted by Crippen LogP contribution is 2.20. The largest absolute Gasteiger partial charge is 0.378 e. The van der Waals surface area contributed by atoms with Crippen molar-refractivity contribution in [1.29, 1.82) is 5.26 Å². The zero-order valence-electron chi connectivity index (χ0n) is 8.89. The number of hydrogen-bond acceptors (Lipinski definition) is 4. The second kappa shape index (κ2) is 5.28. The molecule has 0 aliphatic carbocycles. The molecule has 0 saturated heterocycles. The van der Waals surface area contributed by atoms with Gasteiger partial charge in [0.15, 0.2) is 0 Å². The van der Waals surface area contributed by atoms with Gasteiger partial charge in [0.2, 0.25) is 0 Å². The van der Waals surface area contributed by atoms with Gasteiger partial charge in [-0.3, -0.25) is 9.97 Å². The van der Waals surface area contributed by atoms with Gasteiger partial charge in [0.1, 0.15) is 6.07 Å². The molecule has 0 bridgehead atoms. The molecule has 0 spiro atoms. The first kappa shape index (κ1) is 11.4. The molecule has 4 nitrogen and oxygen atoms in total. The molecule has 1 aromatic heterocycles. The normalized spacial score (nSPS) is 9.65. The maximum absolute atomic E-state index is 8.95. The summed E-state index contributed by atoms with van der Waals surface area (Å²) in [5, 5.41) is 12.6. The SMILES string of the molecule is N#Cc1ccc(Cl)cc1NCc1cnccn1. The highest BCUT2D eigenvalue weighted by atomic mass is 35.5. The Kier molecular flexibility index (Phi) is 3.53. The van der Waals surface area contributed by atoms with Crippen molar-refractivity contribution >= 4 is 17.3 Å². The fourth-order valence-corrected chi connectivity index (χ4v) is 1.54. The molecule has 0 atom stereocenters. The Labute approximate surface area is 104 Å². The van der Waals surface area contributed by atoms with Crippen LogP contribution in [0.25, 0.3) is 0 Å². The van der Waals surface area contributed by atoms with Crippen LogP contribution in [0.3, 0.4) is 0 Å². The number of nitrogens with zero attached hydrogens (tertiary/aromatic N) is 3. The van der Waals surface area contributed by atoms with Crippen LogP contribution in [0.5, 0.6) is 0 Å². The summed E-state index contributed by atoms with van der Waals surface area (Å²) in [4.78, 5) is 8.09. The molecule has 0 aliphatic rings. The van der Waals surface area contributed by atoms with Crippen molar-refractivity contribution in [2.45, 2.75) is 6.54 Å². The molecule has 0 radical (unpaired) electrons. The second-order valence-electron chi connectivity index (χ2n) is 3.35. The Balaban J connectivity index is 2.14. The van der Waals surface area contributed by atoms with Crippen LogP contribution in [0.15, 0.2) is 36.8 Å². The lowest BCUT2D eigenvalue weighted by atomic mass is 10.2. The van der Waals surface area contributed by atoms with Gasteiger partial charge >= 0.3 is 0 Å².